The van der Waals surface area contributed by atoms with E-state index in [2.05, 4.69) is 15.6 Å². The van der Waals surface area contributed by atoms with E-state index >= 15 is 0 Å². The number of para-hydroxylation sites is 1. The molecule has 0 saturated carbocycles. The third-order valence-electron chi connectivity index (χ3n) is 3.53. The van der Waals surface area contributed by atoms with Crippen LogP contribution in [0.25, 0.3) is 0 Å². The van der Waals surface area contributed by atoms with Crippen LogP contribution in [-0.4, -0.2) is 32.7 Å². The highest BCUT2D eigenvalue weighted by Crippen LogP contribution is 2.36. The second kappa shape index (κ2) is 6.87. The third-order valence-corrected chi connectivity index (χ3v) is 4.80. The number of fused-ring (bicyclic) bond motifs is 1. The number of nitrogens with zero attached hydrogens (tertiary/aromatic N) is 2. The smallest absolute Gasteiger partial charge is 0.238 e. The average molecular weight is 330 g/mol. The van der Waals surface area contributed by atoms with Gasteiger partial charge in [-0.1, -0.05) is 12.1 Å². The number of thioether (sulfide) groups is 1. The van der Waals surface area contributed by atoms with Crippen molar-refractivity contribution in [3.8, 4) is 0 Å². The Hall–Kier alpha value is -2.28. The summed E-state index contributed by atoms with van der Waals surface area (Å²) in [5.74, 6) is -0.240. The minimum Gasteiger partial charge on any atom is -0.352 e. The zero-order valence-electron chi connectivity index (χ0n) is 12.7. The van der Waals surface area contributed by atoms with Gasteiger partial charge in [-0.25, -0.2) is 4.98 Å². The van der Waals surface area contributed by atoms with Gasteiger partial charge in [0.05, 0.1) is 17.3 Å². The highest BCUT2D eigenvalue weighted by atomic mass is 32.2. The number of amides is 2. The molecule has 120 valence electrons. The lowest BCUT2D eigenvalue weighted by molar-refractivity contribution is -0.124. The van der Waals surface area contributed by atoms with Crippen molar-refractivity contribution in [3.05, 3.63) is 43.0 Å². The number of carbonyl (C=O) groups excluding carboxylic acids is 2. The molecule has 23 heavy (non-hydrogen) atoms. The van der Waals surface area contributed by atoms with Crippen molar-refractivity contribution < 1.29 is 9.59 Å². The highest BCUT2D eigenvalue weighted by molar-refractivity contribution is 8.01. The van der Waals surface area contributed by atoms with Crippen molar-refractivity contribution >= 4 is 29.3 Å². The van der Waals surface area contributed by atoms with Gasteiger partial charge in [0.1, 0.15) is 0 Å². The number of rotatable bonds is 5. The minimum absolute atomic E-state index is 0.0272. The van der Waals surface area contributed by atoms with E-state index in [4.69, 9.17) is 0 Å². The largest absolute Gasteiger partial charge is 0.352 e. The Labute approximate surface area is 138 Å². The molecule has 0 saturated heterocycles. The Bertz CT molecular complexity index is 702. The first-order valence-electron chi connectivity index (χ1n) is 7.43. The van der Waals surface area contributed by atoms with Crippen LogP contribution in [0.4, 0.5) is 5.69 Å². The number of hydrogen-bond donors (Lipinski definition) is 2. The molecular formula is C16H18N4O2S. The van der Waals surface area contributed by atoms with E-state index in [-0.39, 0.29) is 24.3 Å². The molecule has 0 spiro atoms. The third kappa shape index (κ3) is 3.92. The average Bonchev–Trinajstić information content (AvgIpc) is 3.00. The van der Waals surface area contributed by atoms with Crippen LogP contribution in [-0.2, 0) is 16.1 Å². The van der Waals surface area contributed by atoms with Crippen molar-refractivity contribution in [2.75, 3.05) is 5.32 Å². The van der Waals surface area contributed by atoms with E-state index in [0.717, 1.165) is 10.6 Å². The van der Waals surface area contributed by atoms with Gasteiger partial charge >= 0.3 is 0 Å². The maximum Gasteiger partial charge on any atom is 0.238 e. The summed E-state index contributed by atoms with van der Waals surface area (Å²) in [5.41, 5.74) is 0.813. The summed E-state index contributed by atoms with van der Waals surface area (Å²) in [5, 5.41) is 5.38. The highest BCUT2D eigenvalue weighted by Gasteiger charge is 2.29. The number of aromatic nitrogens is 2. The summed E-state index contributed by atoms with van der Waals surface area (Å²) in [7, 11) is 0. The van der Waals surface area contributed by atoms with Crippen molar-refractivity contribution in [1.82, 2.24) is 14.9 Å². The molecule has 3 rings (SSSR count). The molecule has 2 heterocycles. The molecule has 0 radical (unpaired) electrons. The Morgan fingerprint density at radius 2 is 2.30 bits per heavy atom. The SMILES string of the molecule is C[C@@H](Cn1ccnc1)NC(=O)C[C@@H]1Sc2ccccc2NC1=O. The normalized spacial score (nSPS) is 18.0. The monoisotopic (exact) mass is 330 g/mol. The fourth-order valence-corrected chi connectivity index (χ4v) is 3.60. The van der Waals surface area contributed by atoms with Crippen LogP contribution in [0.15, 0.2) is 47.9 Å². The van der Waals surface area contributed by atoms with E-state index < -0.39 is 5.25 Å². The zero-order valence-corrected chi connectivity index (χ0v) is 13.5. The van der Waals surface area contributed by atoms with Crippen LogP contribution in [0.5, 0.6) is 0 Å². The molecule has 2 atom stereocenters. The fourth-order valence-electron chi connectivity index (χ4n) is 2.49. The van der Waals surface area contributed by atoms with Gasteiger partial charge in [0.2, 0.25) is 11.8 Å². The lowest BCUT2D eigenvalue weighted by Crippen LogP contribution is -2.39. The molecule has 7 heteroatoms. The summed E-state index contributed by atoms with van der Waals surface area (Å²) in [6.45, 7) is 2.58. The fraction of sp³-hybridized carbons (Fsp3) is 0.312. The topological polar surface area (TPSA) is 76.0 Å². The molecule has 0 fully saturated rings. The quantitative estimate of drug-likeness (QED) is 0.878. The molecule has 1 aromatic carbocycles. The van der Waals surface area contributed by atoms with Gasteiger partial charge in [-0.15, -0.1) is 11.8 Å². The number of nitrogens with one attached hydrogen (secondary N) is 2. The van der Waals surface area contributed by atoms with E-state index in [9.17, 15) is 9.59 Å². The summed E-state index contributed by atoms with van der Waals surface area (Å²) in [6, 6.07) is 7.59. The van der Waals surface area contributed by atoms with Gasteiger partial charge in [-0.05, 0) is 19.1 Å². The standard InChI is InChI=1S/C16H18N4O2S/c1-11(9-20-7-6-17-10-20)18-15(21)8-14-16(22)19-12-4-2-3-5-13(12)23-14/h2-7,10-11,14H,8-9H2,1H3,(H,18,21)(H,19,22)/t11-,14-/m0/s1. The number of hydrogen-bond acceptors (Lipinski definition) is 4. The predicted molar refractivity (Wildman–Crippen MR) is 89.2 cm³/mol. The number of carbonyl (C=O) groups is 2. The van der Waals surface area contributed by atoms with Gasteiger partial charge in [0.25, 0.3) is 0 Å². The Balaban J connectivity index is 1.54. The van der Waals surface area contributed by atoms with Crippen LogP contribution in [0.2, 0.25) is 0 Å². The molecule has 1 aromatic heterocycles. The number of anilines is 1. The number of imidazole rings is 1. The molecule has 2 amide bonds. The predicted octanol–water partition coefficient (Wildman–Crippen LogP) is 1.89. The molecule has 6 nitrogen and oxygen atoms in total. The van der Waals surface area contributed by atoms with Crippen LogP contribution >= 0.6 is 11.8 Å². The number of benzene rings is 1. The molecule has 1 aliphatic heterocycles. The first kappa shape index (κ1) is 15.6. The van der Waals surface area contributed by atoms with Crippen LogP contribution in [0.3, 0.4) is 0 Å². The van der Waals surface area contributed by atoms with Crippen LogP contribution in [0, 0.1) is 0 Å². The summed E-state index contributed by atoms with van der Waals surface area (Å²) in [4.78, 5) is 29.3. The van der Waals surface area contributed by atoms with E-state index in [1.54, 1.807) is 12.5 Å². The second-order valence-electron chi connectivity index (χ2n) is 5.52. The van der Waals surface area contributed by atoms with Gasteiger partial charge in [-0.2, -0.15) is 0 Å². The van der Waals surface area contributed by atoms with E-state index in [0.29, 0.717) is 6.54 Å². The molecule has 2 N–H and O–H groups in total. The van der Waals surface area contributed by atoms with Crippen LogP contribution < -0.4 is 10.6 Å². The van der Waals surface area contributed by atoms with Crippen molar-refractivity contribution in [2.45, 2.75) is 36.1 Å². The molecule has 1 aliphatic rings. The van der Waals surface area contributed by atoms with Crippen molar-refractivity contribution in [2.24, 2.45) is 0 Å². The van der Waals surface area contributed by atoms with Crippen LogP contribution in [0.1, 0.15) is 13.3 Å². The van der Waals surface area contributed by atoms with E-state index in [1.807, 2.05) is 42.0 Å². The maximum absolute atomic E-state index is 12.2. The lowest BCUT2D eigenvalue weighted by Gasteiger charge is -2.24. The van der Waals surface area contributed by atoms with Gasteiger partial charge in [0, 0.05) is 36.3 Å². The molecular weight excluding hydrogens is 312 g/mol. The van der Waals surface area contributed by atoms with Gasteiger partial charge in [0.15, 0.2) is 0 Å². The summed E-state index contributed by atoms with van der Waals surface area (Å²) < 4.78 is 1.91. The Morgan fingerprint density at radius 3 is 3.09 bits per heavy atom. The Morgan fingerprint density at radius 1 is 1.48 bits per heavy atom. The lowest BCUT2D eigenvalue weighted by atomic mass is 10.2. The maximum atomic E-state index is 12.2. The molecule has 2 aromatic rings. The molecule has 0 unspecified atom stereocenters. The summed E-state index contributed by atoms with van der Waals surface area (Å²) >= 11 is 1.44. The molecule has 0 bridgehead atoms. The minimum atomic E-state index is -0.398. The second-order valence-corrected chi connectivity index (χ2v) is 6.77. The van der Waals surface area contributed by atoms with Gasteiger partial charge < -0.3 is 15.2 Å². The summed E-state index contributed by atoms with van der Waals surface area (Å²) in [6.07, 6.45) is 5.43. The molecule has 0 aliphatic carbocycles. The van der Waals surface area contributed by atoms with Crippen molar-refractivity contribution in [1.29, 1.82) is 0 Å². The van der Waals surface area contributed by atoms with Crippen molar-refractivity contribution in [3.63, 3.8) is 0 Å². The zero-order chi connectivity index (χ0) is 16.2. The Kier molecular flexibility index (Phi) is 4.66. The van der Waals surface area contributed by atoms with E-state index in [1.165, 1.54) is 11.8 Å². The first-order valence-corrected chi connectivity index (χ1v) is 8.31. The van der Waals surface area contributed by atoms with Gasteiger partial charge in [-0.3, -0.25) is 9.59 Å². The first-order chi connectivity index (χ1) is 11.1.